The second-order valence-corrected chi connectivity index (χ2v) is 3.92. The Morgan fingerprint density at radius 1 is 1.56 bits per heavy atom. The summed E-state index contributed by atoms with van der Waals surface area (Å²) in [5.41, 5.74) is 5.22. The number of nitrogens with zero attached hydrogens (tertiary/aromatic N) is 1. The molecule has 0 fully saturated rings. The lowest BCUT2D eigenvalue weighted by atomic mass is 10.2. The Hall–Kier alpha value is -1.47. The zero-order chi connectivity index (χ0) is 12.1. The Balaban J connectivity index is 2.95. The third kappa shape index (κ3) is 3.28. The fourth-order valence-electron chi connectivity index (χ4n) is 1.11. The van der Waals surface area contributed by atoms with Crippen LogP contribution in [0.4, 0.5) is 11.4 Å². The SMILES string of the molecule is NCCC(=O)Nc1ccc(Br)cc1[N+](=O)[O-]. The smallest absolute Gasteiger partial charge is 0.293 e. The molecule has 0 radical (unpaired) electrons. The minimum absolute atomic E-state index is 0.132. The number of rotatable bonds is 4. The first-order chi connectivity index (χ1) is 7.54. The predicted octanol–water partition coefficient (Wildman–Crippen LogP) is 1.64. The highest BCUT2D eigenvalue weighted by atomic mass is 79.9. The molecule has 1 aromatic rings. The van der Waals surface area contributed by atoms with Gasteiger partial charge in [-0.3, -0.25) is 14.9 Å². The zero-order valence-electron chi connectivity index (χ0n) is 8.27. The molecule has 0 aliphatic carbocycles. The Labute approximate surface area is 100 Å². The molecule has 0 heterocycles. The monoisotopic (exact) mass is 287 g/mol. The first-order valence-corrected chi connectivity index (χ1v) is 5.27. The molecule has 0 aliphatic rings. The van der Waals surface area contributed by atoms with Crippen LogP contribution in [0.25, 0.3) is 0 Å². The van der Waals surface area contributed by atoms with Crippen molar-refractivity contribution in [1.29, 1.82) is 0 Å². The molecule has 1 rings (SSSR count). The highest BCUT2D eigenvalue weighted by Gasteiger charge is 2.15. The molecule has 0 atom stereocenters. The molecule has 1 aromatic carbocycles. The van der Waals surface area contributed by atoms with E-state index in [-0.39, 0.29) is 30.2 Å². The Morgan fingerprint density at radius 2 is 2.25 bits per heavy atom. The van der Waals surface area contributed by atoms with Crippen LogP contribution in [0.2, 0.25) is 0 Å². The van der Waals surface area contributed by atoms with Crippen LogP contribution in [-0.2, 0) is 4.79 Å². The lowest BCUT2D eigenvalue weighted by molar-refractivity contribution is -0.384. The lowest BCUT2D eigenvalue weighted by Gasteiger charge is -2.05. The van der Waals surface area contributed by atoms with Crippen molar-refractivity contribution >= 4 is 33.2 Å². The summed E-state index contributed by atoms with van der Waals surface area (Å²) in [5.74, 6) is -0.340. The fraction of sp³-hybridized carbons (Fsp3) is 0.222. The molecule has 3 N–H and O–H groups in total. The molecule has 1 amide bonds. The summed E-state index contributed by atoms with van der Waals surface area (Å²) in [6.07, 6.45) is 0.132. The number of nitrogens with one attached hydrogen (secondary N) is 1. The summed E-state index contributed by atoms with van der Waals surface area (Å²) >= 11 is 3.12. The van der Waals surface area contributed by atoms with Crippen LogP contribution in [0.15, 0.2) is 22.7 Å². The van der Waals surface area contributed by atoms with E-state index >= 15 is 0 Å². The fourth-order valence-corrected chi connectivity index (χ4v) is 1.45. The average molecular weight is 288 g/mol. The van der Waals surface area contributed by atoms with E-state index < -0.39 is 4.92 Å². The van der Waals surface area contributed by atoms with E-state index in [1.54, 1.807) is 6.07 Å². The van der Waals surface area contributed by atoms with E-state index in [4.69, 9.17) is 5.73 Å². The Bertz CT molecular complexity index is 422. The zero-order valence-corrected chi connectivity index (χ0v) is 9.86. The van der Waals surface area contributed by atoms with Crippen molar-refractivity contribution in [1.82, 2.24) is 0 Å². The first-order valence-electron chi connectivity index (χ1n) is 4.48. The van der Waals surface area contributed by atoms with Crippen LogP contribution in [0.3, 0.4) is 0 Å². The number of halogens is 1. The standard InChI is InChI=1S/C9H10BrN3O3/c10-6-1-2-7(8(5-6)13(15)16)12-9(14)3-4-11/h1-2,5H,3-4,11H2,(H,12,14). The summed E-state index contributed by atoms with van der Waals surface area (Å²) in [4.78, 5) is 21.4. The lowest BCUT2D eigenvalue weighted by Crippen LogP contribution is -2.16. The third-order valence-electron chi connectivity index (χ3n) is 1.80. The molecule has 7 heteroatoms. The van der Waals surface area contributed by atoms with Crippen molar-refractivity contribution in [3.63, 3.8) is 0 Å². The molecule has 0 saturated carbocycles. The second kappa shape index (κ2) is 5.57. The topological polar surface area (TPSA) is 98.3 Å². The van der Waals surface area contributed by atoms with Crippen LogP contribution in [0, 0.1) is 10.1 Å². The van der Waals surface area contributed by atoms with Gasteiger partial charge in [0.25, 0.3) is 5.69 Å². The van der Waals surface area contributed by atoms with Gasteiger partial charge in [0.05, 0.1) is 4.92 Å². The number of nitrogens with two attached hydrogens (primary N) is 1. The number of hydrogen-bond donors (Lipinski definition) is 2. The number of carbonyl (C=O) groups is 1. The summed E-state index contributed by atoms with van der Waals surface area (Å²) in [7, 11) is 0. The molecule has 0 aliphatic heterocycles. The van der Waals surface area contributed by atoms with Crippen LogP contribution < -0.4 is 11.1 Å². The van der Waals surface area contributed by atoms with Crippen LogP contribution in [0.5, 0.6) is 0 Å². The van der Waals surface area contributed by atoms with E-state index in [0.717, 1.165) is 0 Å². The molecular formula is C9H10BrN3O3. The van der Waals surface area contributed by atoms with Gasteiger partial charge in [0.15, 0.2) is 0 Å². The molecular weight excluding hydrogens is 278 g/mol. The predicted molar refractivity (Wildman–Crippen MR) is 63.1 cm³/mol. The van der Waals surface area contributed by atoms with Gasteiger partial charge in [-0.25, -0.2) is 0 Å². The van der Waals surface area contributed by atoms with Gasteiger partial charge in [0, 0.05) is 23.5 Å². The van der Waals surface area contributed by atoms with Gasteiger partial charge < -0.3 is 11.1 Å². The quantitative estimate of drug-likeness (QED) is 0.650. The molecule has 86 valence electrons. The number of hydrogen-bond acceptors (Lipinski definition) is 4. The minimum Gasteiger partial charge on any atom is -0.330 e. The average Bonchev–Trinajstić information content (AvgIpc) is 2.20. The van der Waals surface area contributed by atoms with Crippen LogP contribution >= 0.6 is 15.9 Å². The summed E-state index contributed by atoms with van der Waals surface area (Å²) in [6.45, 7) is 0.205. The van der Waals surface area contributed by atoms with Crippen molar-refractivity contribution in [2.24, 2.45) is 5.73 Å². The van der Waals surface area contributed by atoms with E-state index in [1.165, 1.54) is 12.1 Å². The second-order valence-electron chi connectivity index (χ2n) is 3.01. The van der Waals surface area contributed by atoms with Gasteiger partial charge >= 0.3 is 0 Å². The summed E-state index contributed by atoms with van der Waals surface area (Å²) in [5, 5.41) is 13.2. The summed E-state index contributed by atoms with van der Waals surface area (Å²) in [6, 6.07) is 4.42. The third-order valence-corrected chi connectivity index (χ3v) is 2.30. The Kier molecular flexibility index (Phi) is 4.39. The molecule has 6 nitrogen and oxygen atoms in total. The van der Waals surface area contributed by atoms with E-state index in [1.807, 2.05) is 0 Å². The largest absolute Gasteiger partial charge is 0.330 e. The van der Waals surface area contributed by atoms with Gasteiger partial charge in [0.2, 0.25) is 5.91 Å². The number of anilines is 1. The van der Waals surface area contributed by atoms with Crippen LogP contribution in [0.1, 0.15) is 6.42 Å². The van der Waals surface area contributed by atoms with Gasteiger partial charge in [-0.15, -0.1) is 0 Å². The van der Waals surface area contributed by atoms with E-state index in [2.05, 4.69) is 21.2 Å². The Morgan fingerprint density at radius 3 is 2.81 bits per heavy atom. The van der Waals surface area contributed by atoms with Crippen molar-refractivity contribution in [2.75, 3.05) is 11.9 Å². The van der Waals surface area contributed by atoms with Gasteiger partial charge in [-0.1, -0.05) is 15.9 Å². The number of carbonyl (C=O) groups excluding carboxylic acids is 1. The number of nitro benzene ring substituents is 1. The first kappa shape index (κ1) is 12.6. The van der Waals surface area contributed by atoms with Gasteiger partial charge in [-0.05, 0) is 12.1 Å². The highest BCUT2D eigenvalue weighted by Crippen LogP contribution is 2.27. The molecule has 0 saturated heterocycles. The van der Waals surface area contributed by atoms with E-state index in [0.29, 0.717) is 4.47 Å². The number of benzene rings is 1. The molecule has 0 aromatic heterocycles. The maximum Gasteiger partial charge on any atom is 0.293 e. The van der Waals surface area contributed by atoms with Crippen molar-refractivity contribution in [3.8, 4) is 0 Å². The van der Waals surface area contributed by atoms with Gasteiger partial charge in [-0.2, -0.15) is 0 Å². The molecule has 16 heavy (non-hydrogen) atoms. The highest BCUT2D eigenvalue weighted by molar-refractivity contribution is 9.10. The van der Waals surface area contributed by atoms with Crippen molar-refractivity contribution < 1.29 is 9.72 Å². The maximum atomic E-state index is 11.2. The summed E-state index contributed by atoms with van der Waals surface area (Å²) < 4.78 is 0.580. The number of nitro groups is 1. The van der Waals surface area contributed by atoms with E-state index in [9.17, 15) is 14.9 Å². The van der Waals surface area contributed by atoms with Crippen LogP contribution in [-0.4, -0.2) is 17.4 Å². The molecule has 0 unspecified atom stereocenters. The van der Waals surface area contributed by atoms with Crippen molar-refractivity contribution in [3.05, 3.63) is 32.8 Å². The molecule has 0 spiro atoms. The number of amides is 1. The molecule has 0 bridgehead atoms. The van der Waals surface area contributed by atoms with Gasteiger partial charge in [0.1, 0.15) is 5.69 Å². The normalized spacial score (nSPS) is 9.88. The van der Waals surface area contributed by atoms with Crippen molar-refractivity contribution in [2.45, 2.75) is 6.42 Å². The maximum absolute atomic E-state index is 11.2. The minimum atomic E-state index is -0.553.